The number of benzene rings is 1. The molecule has 11 heteroatoms. The second-order valence-corrected chi connectivity index (χ2v) is 6.13. The maximum Gasteiger partial charge on any atom is 0.194 e. The Morgan fingerprint density at radius 1 is 1.07 bits per heavy atom. The molecule has 0 aliphatic carbocycles. The van der Waals surface area contributed by atoms with Gasteiger partial charge in [-0.05, 0) is 19.1 Å². The molecule has 0 aliphatic rings. The summed E-state index contributed by atoms with van der Waals surface area (Å²) in [7, 11) is 1.79. The van der Waals surface area contributed by atoms with Gasteiger partial charge in [-0.25, -0.2) is 17.6 Å². The van der Waals surface area contributed by atoms with Crippen LogP contribution in [0.3, 0.4) is 0 Å². The molecule has 6 nitrogen and oxygen atoms in total. The van der Waals surface area contributed by atoms with Gasteiger partial charge in [-0.15, -0.1) is 0 Å². The molecule has 3 rings (SSSR count). The van der Waals surface area contributed by atoms with Crippen LogP contribution in [0.1, 0.15) is 11.3 Å². The van der Waals surface area contributed by atoms with E-state index in [4.69, 9.17) is 12.2 Å². The summed E-state index contributed by atoms with van der Waals surface area (Å²) in [4.78, 5) is 0. The van der Waals surface area contributed by atoms with Crippen LogP contribution in [0.5, 0.6) is 0 Å². The van der Waals surface area contributed by atoms with E-state index in [1.54, 1.807) is 17.9 Å². The SMILES string of the molecule is Cc1c(NC(=S)Nc2cnn(Cc3c(F)cc(F)c(F)c3F)c2)cnn1C. The van der Waals surface area contributed by atoms with Crippen molar-refractivity contribution in [3.8, 4) is 0 Å². The summed E-state index contributed by atoms with van der Waals surface area (Å²) >= 11 is 5.19. The van der Waals surface area contributed by atoms with E-state index in [0.717, 1.165) is 5.69 Å². The molecule has 0 amide bonds. The molecule has 0 saturated heterocycles. The van der Waals surface area contributed by atoms with Gasteiger partial charge in [-0.1, -0.05) is 0 Å². The van der Waals surface area contributed by atoms with Crippen molar-refractivity contribution in [2.24, 2.45) is 7.05 Å². The van der Waals surface area contributed by atoms with Crippen LogP contribution in [0.25, 0.3) is 0 Å². The predicted molar refractivity (Wildman–Crippen MR) is 95.4 cm³/mol. The summed E-state index contributed by atoms with van der Waals surface area (Å²) < 4.78 is 56.6. The van der Waals surface area contributed by atoms with E-state index in [1.807, 2.05) is 6.92 Å². The first-order valence-electron chi connectivity index (χ1n) is 7.67. The summed E-state index contributed by atoms with van der Waals surface area (Å²) in [6.45, 7) is 1.44. The van der Waals surface area contributed by atoms with Crippen LogP contribution in [0.2, 0.25) is 0 Å². The Hall–Kier alpha value is -2.95. The lowest BCUT2D eigenvalue weighted by atomic mass is 10.2. The van der Waals surface area contributed by atoms with Crippen molar-refractivity contribution in [2.75, 3.05) is 10.6 Å². The molecule has 0 saturated carbocycles. The zero-order chi connectivity index (χ0) is 19.7. The van der Waals surface area contributed by atoms with Gasteiger partial charge in [0, 0.05) is 24.9 Å². The summed E-state index contributed by atoms with van der Waals surface area (Å²) in [5, 5.41) is 14.1. The molecule has 0 bridgehead atoms. The summed E-state index contributed by atoms with van der Waals surface area (Å²) in [5.41, 5.74) is 1.40. The highest BCUT2D eigenvalue weighted by Gasteiger charge is 2.19. The number of anilines is 2. The van der Waals surface area contributed by atoms with E-state index in [0.29, 0.717) is 17.4 Å². The Morgan fingerprint density at radius 2 is 1.81 bits per heavy atom. The van der Waals surface area contributed by atoms with E-state index in [9.17, 15) is 17.6 Å². The molecule has 2 heterocycles. The highest BCUT2D eigenvalue weighted by atomic mass is 32.1. The van der Waals surface area contributed by atoms with Crippen molar-refractivity contribution in [1.29, 1.82) is 0 Å². The van der Waals surface area contributed by atoms with Crippen molar-refractivity contribution in [3.05, 3.63) is 59.2 Å². The lowest BCUT2D eigenvalue weighted by Crippen LogP contribution is -2.19. The fraction of sp³-hybridized carbons (Fsp3) is 0.188. The van der Waals surface area contributed by atoms with Crippen LogP contribution in [0.15, 0.2) is 24.7 Å². The van der Waals surface area contributed by atoms with Gasteiger partial charge in [0.05, 0.1) is 36.0 Å². The average Bonchev–Trinajstić information content (AvgIpc) is 3.18. The van der Waals surface area contributed by atoms with Crippen molar-refractivity contribution < 1.29 is 17.6 Å². The minimum atomic E-state index is -1.73. The number of hydrogen-bond acceptors (Lipinski definition) is 3. The molecule has 1 aromatic carbocycles. The van der Waals surface area contributed by atoms with Gasteiger partial charge in [0.25, 0.3) is 0 Å². The molecule has 0 unspecified atom stereocenters. The lowest BCUT2D eigenvalue weighted by Gasteiger charge is -2.08. The fourth-order valence-corrected chi connectivity index (χ4v) is 2.56. The van der Waals surface area contributed by atoms with Crippen molar-refractivity contribution >= 4 is 28.7 Å². The molecular weight excluding hydrogens is 384 g/mol. The number of hydrogen-bond donors (Lipinski definition) is 2. The lowest BCUT2D eigenvalue weighted by molar-refractivity contribution is 0.420. The first kappa shape index (κ1) is 18.8. The van der Waals surface area contributed by atoms with Crippen LogP contribution >= 0.6 is 12.2 Å². The van der Waals surface area contributed by atoms with E-state index < -0.39 is 35.4 Å². The molecule has 2 aromatic heterocycles. The molecule has 0 atom stereocenters. The molecular formula is C16H14F4N6S. The molecule has 0 radical (unpaired) electrons. The van der Waals surface area contributed by atoms with Crippen LogP contribution in [-0.2, 0) is 13.6 Å². The Balaban J connectivity index is 1.70. The summed E-state index contributed by atoms with van der Waals surface area (Å²) in [6.07, 6.45) is 4.41. The predicted octanol–water partition coefficient (Wildman–Crippen LogP) is 3.34. The number of nitrogens with zero attached hydrogens (tertiary/aromatic N) is 4. The van der Waals surface area contributed by atoms with Crippen LogP contribution in [0, 0.1) is 30.2 Å². The summed E-state index contributed by atoms with van der Waals surface area (Å²) in [6, 6.07) is 0.297. The topological polar surface area (TPSA) is 59.7 Å². The number of aromatic nitrogens is 4. The third kappa shape index (κ3) is 3.92. The van der Waals surface area contributed by atoms with Crippen molar-refractivity contribution in [3.63, 3.8) is 0 Å². The number of aryl methyl sites for hydroxylation is 1. The van der Waals surface area contributed by atoms with Crippen LogP contribution in [0.4, 0.5) is 28.9 Å². The minimum absolute atomic E-state index is 0.260. The van der Waals surface area contributed by atoms with E-state index in [1.165, 1.54) is 17.1 Å². The highest BCUT2D eigenvalue weighted by Crippen LogP contribution is 2.20. The molecule has 2 N–H and O–H groups in total. The first-order chi connectivity index (χ1) is 12.8. The van der Waals surface area contributed by atoms with Gasteiger partial charge in [0.2, 0.25) is 0 Å². The monoisotopic (exact) mass is 398 g/mol. The highest BCUT2D eigenvalue weighted by molar-refractivity contribution is 7.80. The Kier molecular flexibility index (Phi) is 5.13. The number of thiocarbonyl (C=S) groups is 1. The molecule has 0 aliphatic heterocycles. The standard InChI is InChI=1S/C16H14F4N6S/c1-8-13(5-21-25(8)2)24-16(27)23-9-4-22-26(6-9)7-10-11(17)3-12(18)15(20)14(10)19/h3-6H,7H2,1-2H3,(H2,23,24,27). The third-order valence-corrected chi connectivity index (χ3v) is 4.11. The second-order valence-electron chi connectivity index (χ2n) is 5.72. The smallest absolute Gasteiger partial charge is 0.194 e. The van der Waals surface area contributed by atoms with E-state index >= 15 is 0 Å². The maximum absolute atomic E-state index is 13.8. The van der Waals surface area contributed by atoms with Gasteiger partial charge < -0.3 is 10.6 Å². The molecule has 27 heavy (non-hydrogen) atoms. The zero-order valence-electron chi connectivity index (χ0n) is 14.2. The molecule has 142 valence electrons. The first-order valence-corrected chi connectivity index (χ1v) is 8.08. The van der Waals surface area contributed by atoms with Crippen LogP contribution in [-0.4, -0.2) is 24.7 Å². The number of halogens is 4. The Morgan fingerprint density at radius 3 is 2.48 bits per heavy atom. The van der Waals surface area contributed by atoms with Crippen LogP contribution < -0.4 is 10.6 Å². The third-order valence-electron chi connectivity index (χ3n) is 3.90. The maximum atomic E-state index is 13.8. The number of nitrogens with one attached hydrogen (secondary N) is 2. The Labute approximate surface area is 156 Å². The normalized spacial score (nSPS) is 10.9. The van der Waals surface area contributed by atoms with E-state index in [-0.39, 0.29) is 5.11 Å². The molecule has 0 spiro atoms. The largest absolute Gasteiger partial charge is 0.330 e. The summed E-state index contributed by atoms with van der Waals surface area (Å²) in [5.74, 6) is -6.09. The van der Waals surface area contributed by atoms with Gasteiger partial charge in [-0.3, -0.25) is 9.36 Å². The quantitative estimate of drug-likeness (QED) is 0.306. The van der Waals surface area contributed by atoms with E-state index in [2.05, 4.69) is 20.8 Å². The number of rotatable bonds is 4. The fourth-order valence-electron chi connectivity index (χ4n) is 2.33. The van der Waals surface area contributed by atoms with Crippen molar-refractivity contribution in [1.82, 2.24) is 19.6 Å². The van der Waals surface area contributed by atoms with Gasteiger partial charge in [0.15, 0.2) is 22.6 Å². The van der Waals surface area contributed by atoms with Gasteiger partial charge in [0.1, 0.15) is 5.82 Å². The molecule has 3 aromatic rings. The average molecular weight is 398 g/mol. The van der Waals surface area contributed by atoms with Gasteiger partial charge >= 0.3 is 0 Å². The minimum Gasteiger partial charge on any atom is -0.330 e. The van der Waals surface area contributed by atoms with Gasteiger partial charge in [-0.2, -0.15) is 10.2 Å². The molecule has 0 fully saturated rings. The second kappa shape index (κ2) is 7.35. The van der Waals surface area contributed by atoms with Crippen molar-refractivity contribution in [2.45, 2.75) is 13.5 Å². The Bertz CT molecular complexity index is 1010. The zero-order valence-corrected chi connectivity index (χ0v) is 15.0.